The second-order valence-electron chi connectivity index (χ2n) is 7.12. The van der Waals surface area contributed by atoms with E-state index in [2.05, 4.69) is 5.32 Å². The number of sulfonamides is 1. The molecule has 0 fully saturated rings. The third-order valence-corrected chi connectivity index (χ3v) is 7.90. The van der Waals surface area contributed by atoms with Gasteiger partial charge in [-0.2, -0.15) is 0 Å². The molecule has 0 saturated carbocycles. The minimum atomic E-state index is -3.67. The molecule has 166 valence electrons. The number of aryl methyl sites for hydroxylation is 1. The third kappa shape index (κ3) is 5.44. The summed E-state index contributed by atoms with van der Waals surface area (Å²) in [6.45, 7) is 7.82. The van der Waals surface area contributed by atoms with E-state index in [0.29, 0.717) is 36.9 Å². The fourth-order valence-electron chi connectivity index (χ4n) is 3.23. The van der Waals surface area contributed by atoms with E-state index in [1.165, 1.54) is 15.6 Å². The Morgan fingerprint density at radius 2 is 1.84 bits per heavy atom. The Morgan fingerprint density at radius 3 is 2.52 bits per heavy atom. The molecule has 0 spiro atoms. The molecule has 0 unspecified atom stereocenters. The van der Waals surface area contributed by atoms with Crippen molar-refractivity contribution in [3.8, 4) is 0 Å². The Kier molecular flexibility index (Phi) is 7.69. The van der Waals surface area contributed by atoms with Crippen LogP contribution in [0.4, 0.5) is 5.69 Å². The van der Waals surface area contributed by atoms with Crippen LogP contribution in [0, 0.1) is 6.92 Å². The molecule has 0 bridgehead atoms. The SMILES string of the molecule is CCOCCCNC(=O)c1cc2cc(N(CC)S(=O)(=O)c3ccc(C)cc3)ccc2s1. The highest BCUT2D eigenvalue weighted by molar-refractivity contribution is 7.92. The Bertz CT molecular complexity index is 1140. The van der Waals surface area contributed by atoms with Crippen molar-refractivity contribution in [3.63, 3.8) is 0 Å². The lowest BCUT2D eigenvalue weighted by Crippen LogP contribution is -2.30. The van der Waals surface area contributed by atoms with Gasteiger partial charge in [0, 0.05) is 31.0 Å². The quantitative estimate of drug-likeness (QED) is 0.449. The van der Waals surface area contributed by atoms with E-state index in [4.69, 9.17) is 4.74 Å². The van der Waals surface area contributed by atoms with Gasteiger partial charge in [-0.3, -0.25) is 9.10 Å². The summed E-state index contributed by atoms with van der Waals surface area (Å²) in [5.41, 5.74) is 1.59. The average molecular weight is 461 g/mol. The Labute approximate surface area is 187 Å². The molecule has 1 heterocycles. The van der Waals surface area contributed by atoms with Crippen molar-refractivity contribution in [1.82, 2.24) is 5.32 Å². The lowest BCUT2D eigenvalue weighted by molar-refractivity contribution is 0.0948. The number of rotatable bonds is 10. The van der Waals surface area contributed by atoms with Gasteiger partial charge in [-0.25, -0.2) is 8.42 Å². The fraction of sp³-hybridized carbons (Fsp3) is 0.348. The molecule has 2 aromatic carbocycles. The molecule has 1 aromatic heterocycles. The summed E-state index contributed by atoms with van der Waals surface area (Å²) >= 11 is 1.40. The van der Waals surface area contributed by atoms with Crippen LogP contribution >= 0.6 is 11.3 Å². The lowest BCUT2D eigenvalue weighted by atomic mass is 10.2. The Hall–Kier alpha value is -2.42. The summed E-state index contributed by atoms with van der Waals surface area (Å²) < 4.78 is 34.0. The first-order valence-electron chi connectivity index (χ1n) is 10.4. The first-order valence-corrected chi connectivity index (χ1v) is 12.6. The van der Waals surface area contributed by atoms with E-state index in [1.807, 2.05) is 39.0 Å². The zero-order valence-electron chi connectivity index (χ0n) is 18.1. The van der Waals surface area contributed by atoms with Gasteiger partial charge in [0.15, 0.2) is 0 Å². The second kappa shape index (κ2) is 10.3. The smallest absolute Gasteiger partial charge is 0.264 e. The van der Waals surface area contributed by atoms with Crippen LogP contribution in [-0.2, 0) is 14.8 Å². The topological polar surface area (TPSA) is 75.7 Å². The van der Waals surface area contributed by atoms with E-state index in [9.17, 15) is 13.2 Å². The normalized spacial score (nSPS) is 11.6. The molecule has 0 saturated heterocycles. The van der Waals surface area contributed by atoms with Crippen molar-refractivity contribution in [2.75, 3.05) is 30.6 Å². The average Bonchev–Trinajstić information content (AvgIpc) is 3.18. The fourth-order valence-corrected chi connectivity index (χ4v) is 5.66. The summed E-state index contributed by atoms with van der Waals surface area (Å²) in [5.74, 6) is -0.126. The van der Waals surface area contributed by atoms with E-state index < -0.39 is 10.0 Å². The predicted molar refractivity (Wildman–Crippen MR) is 127 cm³/mol. The van der Waals surface area contributed by atoms with Crippen molar-refractivity contribution in [2.45, 2.75) is 32.1 Å². The number of nitrogens with one attached hydrogen (secondary N) is 1. The van der Waals surface area contributed by atoms with Gasteiger partial charge in [0.2, 0.25) is 0 Å². The molecule has 8 heteroatoms. The van der Waals surface area contributed by atoms with Gasteiger partial charge < -0.3 is 10.1 Å². The lowest BCUT2D eigenvalue weighted by Gasteiger charge is -2.23. The van der Waals surface area contributed by atoms with Gasteiger partial charge in [0.1, 0.15) is 0 Å². The van der Waals surface area contributed by atoms with Crippen LogP contribution in [0.25, 0.3) is 10.1 Å². The van der Waals surface area contributed by atoms with Crippen molar-refractivity contribution < 1.29 is 17.9 Å². The number of anilines is 1. The predicted octanol–water partition coefficient (Wildman–Crippen LogP) is 4.58. The monoisotopic (exact) mass is 460 g/mol. The van der Waals surface area contributed by atoms with E-state index in [1.54, 1.807) is 30.3 Å². The minimum absolute atomic E-state index is 0.126. The third-order valence-electron chi connectivity index (χ3n) is 4.86. The maximum atomic E-state index is 13.2. The summed E-state index contributed by atoms with van der Waals surface area (Å²) in [7, 11) is -3.67. The first-order chi connectivity index (χ1) is 14.9. The number of thiophene rings is 1. The number of carbonyl (C=O) groups is 1. The molecular formula is C23H28N2O4S2. The molecular weight excluding hydrogens is 432 g/mol. The van der Waals surface area contributed by atoms with Gasteiger partial charge in [-0.15, -0.1) is 11.3 Å². The molecule has 6 nitrogen and oxygen atoms in total. The molecule has 1 amide bonds. The van der Waals surface area contributed by atoms with Crippen LogP contribution in [0.3, 0.4) is 0 Å². The number of amides is 1. The molecule has 31 heavy (non-hydrogen) atoms. The number of fused-ring (bicyclic) bond motifs is 1. The van der Waals surface area contributed by atoms with Crippen LogP contribution in [0.2, 0.25) is 0 Å². The zero-order chi connectivity index (χ0) is 22.4. The number of carbonyl (C=O) groups excluding carboxylic acids is 1. The maximum Gasteiger partial charge on any atom is 0.264 e. The minimum Gasteiger partial charge on any atom is -0.382 e. The largest absolute Gasteiger partial charge is 0.382 e. The molecule has 0 aliphatic rings. The molecule has 0 aliphatic heterocycles. The van der Waals surface area contributed by atoms with Gasteiger partial charge in [-0.05, 0) is 69.0 Å². The number of ether oxygens (including phenoxy) is 1. The highest BCUT2D eigenvalue weighted by atomic mass is 32.2. The second-order valence-corrected chi connectivity index (χ2v) is 10.1. The van der Waals surface area contributed by atoms with Crippen LogP contribution in [-0.4, -0.2) is 40.6 Å². The van der Waals surface area contributed by atoms with E-state index in [-0.39, 0.29) is 10.8 Å². The highest BCUT2D eigenvalue weighted by Gasteiger charge is 2.24. The maximum absolute atomic E-state index is 13.2. The molecule has 1 N–H and O–H groups in total. The number of nitrogens with zero attached hydrogens (tertiary/aromatic N) is 1. The molecule has 3 rings (SSSR count). The summed E-state index contributed by atoms with van der Waals surface area (Å²) in [4.78, 5) is 13.3. The number of benzene rings is 2. The molecule has 3 aromatic rings. The Balaban J connectivity index is 1.81. The zero-order valence-corrected chi connectivity index (χ0v) is 19.7. The van der Waals surface area contributed by atoms with Gasteiger partial charge in [0.25, 0.3) is 15.9 Å². The number of hydrogen-bond acceptors (Lipinski definition) is 5. The van der Waals surface area contributed by atoms with Gasteiger partial charge in [-0.1, -0.05) is 17.7 Å². The van der Waals surface area contributed by atoms with Crippen LogP contribution < -0.4 is 9.62 Å². The van der Waals surface area contributed by atoms with Crippen molar-refractivity contribution in [1.29, 1.82) is 0 Å². The van der Waals surface area contributed by atoms with Crippen LogP contribution in [0.5, 0.6) is 0 Å². The van der Waals surface area contributed by atoms with E-state index in [0.717, 1.165) is 22.1 Å². The summed E-state index contributed by atoms with van der Waals surface area (Å²) in [6, 6.07) is 14.1. The molecule has 0 radical (unpaired) electrons. The highest BCUT2D eigenvalue weighted by Crippen LogP contribution is 2.31. The van der Waals surface area contributed by atoms with E-state index >= 15 is 0 Å². The summed E-state index contributed by atoms with van der Waals surface area (Å²) in [6.07, 6.45) is 0.761. The molecule has 0 atom stereocenters. The Morgan fingerprint density at radius 1 is 1.10 bits per heavy atom. The van der Waals surface area contributed by atoms with Crippen LogP contribution in [0.15, 0.2) is 53.4 Å². The standard InChI is InChI=1S/C23H28N2O4S2/c1-4-25(31(27,28)20-10-7-17(3)8-11-20)19-9-12-21-18(15-19)16-22(30-21)23(26)24-13-6-14-29-5-2/h7-12,15-16H,4-6,13-14H2,1-3H3,(H,24,26). The number of hydrogen-bond donors (Lipinski definition) is 1. The van der Waals surface area contributed by atoms with Crippen molar-refractivity contribution in [3.05, 3.63) is 59.0 Å². The van der Waals surface area contributed by atoms with Gasteiger partial charge >= 0.3 is 0 Å². The van der Waals surface area contributed by atoms with Crippen molar-refractivity contribution in [2.24, 2.45) is 0 Å². The van der Waals surface area contributed by atoms with Crippen molar-refractivity contribution >= 4 is 43.0 Å². The van der Waals surface area contributed by atoms with Crippen LogP contribution in [0.1, 0.15) is 35.5 Å². The van der Waals surface area contributed by atoms with Gasteiger partial charge in [0.05, 0.1) is 15.5 Å². The molecule has 0 aliphatic carbocycles. The summed E-state index contributed by atoms with van der Waals surface area (Å²) in [5, 5.41) is 3.75. The first kappa shape index (κ1) is 23.2.